The van der Waals surface area contributed by atoms with E-state index in [1.807, 2.05) is 24.3 Å². The Morgan fingerprint density at radius 2 is 1.89 bits per heavy atom. The average Bonchev–Trinajstić information content (AvgIpc) is 2.70. The predicted octanol–water partition coefficient (Wildman–Crippen LogP) is 5.48. The molecule has 4 rings (SSSR count). The monoisotopic (exact) mass is 399 g/mol. The number of phenolic OH excluding ortho intramolecular Hbond substituents is 1. The lowest BCUT2D eigenvalue weighted by Crippen LogP contribution is -2.54. The van der Waals surface area contributed by atoms with Crippen molar-refractivity contribution in [3.8, 4) is 5.75 Å². The highest BCUT2D eigenvalue weighted by molar-refractivity contribution is 6.30. The number of aliphatic hydroxyl groups is 1. The highest BCUT2D eigenvalue weighted by Crippen LogP contribution is 2.50. The summed E-state index contributed by atoms with van der Waals surface area (Å²) in [6.45, 7) is 3.79. The molecule has 2 aromatic carbocycles. The number of phenols is 1. The minimum atomic E-state index is -0.566. The van der Waals surface area contributed by atoms with Crippen LogP contribution in [0.1, 0.15) is 61.8 Å². The van der Waals surface area contributed by atoms with Crippen LogP contribution < -0.4 is 0 Å². The van der Waals surface area contributed by atoms with E-state index in [0.29, 0.717) is 5.75 Å². The summed E-state index contributed by atoms with van der Waals surface area (Å²) in [5.41, 5.74) is 2.87. The van der Waals surface area contributed by atoms with Crippen molar-refractivity contribution in [2.75, 3.05) is 6.54 Å². The second kappa shape index (κ2) is 8.06. The zero-order valence-corrected chi connectivity index (χ0v) is 17.3. The summed E-state index contributed by atoms with van der Waals surface area (Å²) in [7, 11) is 0. The quantitative estimate of drug-likeness (QED) is 0.715. The van der Waals surface area contributed by atoms with Crippen LogP contribution in [0.3, 0.4) is 0 Å². The third-order valence-corrected chi connectivity index (χ3v) is 7.05. The van der Waals surface area contributed by atoms with E-state index in [2.05, 4.69) is 30.0 Å². The van der Waals surface area contributed by atoms with Gasteiger partial charge >= 0.3 is 0 Å². The Morgan fingerprint density at radius 1 is 1.11 bits per heavy atom. The molecule has 3 atom stereocenters. The molecule has 4 heteroatoms. The van der Waals surface area contributed by atoms with Crippen LogP contribution in [0, 0.1) is 5.92 Å². The van der Waals surface area contributed by atoms with Crippen molar-refractivity contribution in [1.29, 1.82) is 0 Å². The SMILES string of the molecule is CCc1cc([C@@H]2[C@@H]3CCCC[C@]3(O)CCN2Cc2ccc(Cl)cc2)ccc1O. The fourth-order valence-corrected chi connectivity index (χ4v) is 5.39. The number of likely N-dealkylation sites (tertiary alicyclic amines) is 1. The van der Waals surface area contributed by atoms with E-state index >= 15 is 0 Å². The normalized spacial score (nSPS) is 28.1. The zero-order valence-electron chi connectivity index (χ0n) is 16.6. The Bertz CT molecular complexity index is 822. The first-order valence-corrected chi connectivity index (χ1v) is 10.9. The van der Waals surface area contributed by atoms with Crippen molar-refractivity contribution in [1.82, 2.24) is 4.90 Å². The van der Waals surface area contributed by atoms with Crippen molar-refractivity contribution in [2.24, 2.45) is 5.92 Å². The van der Waals surface area contributed by atoms with Crippen LogP contribution in [0.25, 0.3) is 0 Å². The van der Waals surface area contributed by atoms with Crippen molar-refractivity contribution >= 4 is 11.6 Å². The molecule has 3 nitrogen and oxygen atoms in total. The Morgan fingerprint density at radius 3 is 2.64 bits per heavy atom. The lowest BCUT2D eigenvalue weighted by Gasteiger charge is -2.53. The van der Waals surface area contributed by atoms with Crippen LogP contribution in [-0.4, -0.2) is 27.3 Å². The van der Waals surface area contributed by atoms with Gasteiger partial charge in [-0.3, -0.25) is 4.90 Å². The molecule has 1 aliphatic carbocycles. The number of aryl methyl sites for hydroxylation is 1. The van der Waals surface area contributed by atoms with Crippen LogP contribution in [-0.2, 0) is 13.0 Å². The molecule has 2 N–H and O–H groups in total. The molecule has 0 radical (unpaired) electrons. The van der Waals surface area contributed by atoms with Gasteiger partial charge in [-0.25, -0.2) is 0 Å². The maximum atomic E-state index is 11.4. The molecule has 150 valence electrons. The highest BCUT2D eigenvalue weighted by atomic mass is 35.5. The fraction of sp³-hybridized carbons (Fsp3) is 0.500. The lowest BCUT2D eigenvalue weighted by atomic mass is 9.66. The van der Waals surface area contributed by atoms with E-state index in [1.165, 1.54) is 17.5 Å². The summed E-state index contributed by atoms with van der Waals surface area (Å²) in [4.78, 5) is 2.51. The molecular formula is C24H30ClNO2. The van der Waals surface area contributed by atoms with E-state index in [4.69, 9.17) is 11.6 Å². The maximum absolute atomic E-state index is 11.4. The molecule has 28 heavy (non-hydrogen) atoms. The van der Waals surface area contributed by atoms with E-state index < -0.39 is 5.60 Å². The molecule has 1 saturated carbocycles. The Hall–Kier alpha value is -1.55. The van der Waals surface area contributed by atoms with Gasteiger partial charge in [0.05, 0.1) is 5.60 Å². The Labute approximate surface area is 173 Å². The summed E-state index contributed by atoms with van der Waals surface area (Å²) < 4.78 is 0. The molecule has 2 aliphatic rings. The molecule has 1 aliphatic heterocycles. The minimum absolute atomic E-state index is 0.167. The van der Waals surface area contributed by atoms with Crippen LogP contribution in [0.5, 0.6) is 5.75 Å². The van der Waals surface area contributed by atoms with Crippen molar-refractivity contribution < 1.29 is 10.2 Å². The van der Waals surface area contributed by atoms with Gasteiger partial charge in [0.25, 0.3) is 0 Å². The fourth-order valence-electron chi connectivity index (χ4n) is 5.26. The number of benzene rings is 2. The van der Waals surface area contributed by atoms with E-state index in [1.54, 1.807) is 0 Å². The molecular weight excluding hydrogens is 370 g/mol. The first-order valence-electron chi connectivity index (χ1n) is 10.5. The second-order valence-electron chi connectivity index (χ2n) is 8.49. The van der Waals surface area contributed by atoms with Gasteiger partial charge in [0.2, 0.25) is 0 Å². The topological polar surface area (TPSA) is 43.7 Å². The number of nitrogens with zero attached hydrogens (tertiary/aromatic N) is 1. The summed E-state index contributed by atoms with van der Waals surface area (Å²) in [5, 5.41) is 22.4. The van der Waals surface area contributed by atoms with Crippen LogP contribution in [0.2, 0.25) is 5.02 Å². The number of aromatic hydroxyl groups is 1. The number of hydrogen-bond donors (Lipinski definition) is 2. The summed E-state index contributed by atoms with van der Waals surface area (Å²) in [6, 6.07) is 14.3. The number of piperidine rings is 1. The van der Waals surface area contributed by atoms with Gasteiger partial charge in [-0.1, -0.05) is 55.6 Å². The number of fused-ring (bicyclic) bond motifs is 1. The van der Waals surface area contributed by atoms with Gasteiger partial charge in [-0.2, -0.15) is 0 Å². The van der Waals surface area contributed by atoms with Gasteiger partial charge in [-0.15, -0.1) is 0 Å². The van der Waals surface area contributed by atoms with E-state index in [-0.39, 0.29) is 12.0 Å². The van der Waals surface area contributed by atoms with Crippen LogP contribution in [0.15, 0.2) is 42.5 Å². The smallest absolute Gasteiger partial charge is 0.118 e. The van der Waals surface area contributed by atoms with Crippen LogP contribution in [0.4, 0.5) is 0 Å². The Balaban J connectivity index is 1.70. The summed E-state index contributed by atoms with van der Waals surface area (Å²) in [5.74, 6) is 0.599. The average molecular weight is 400 g/mol. The molecule has 2 aromatic rings. The number of hydrogen-bond acceptors (Lipinski definition) is 3. The van der Waals surface area contributed by atoms with Crippen LogP contribution >= 0.6 is 11.6 Å². The first kappa shape index (κ1) is 19.8. The van der Waals surface area contributed by atoms with Gasteiger partial charge in [-0.05, 0) is 60.6 Å². The summed E-state index contributed by atoms with van der Waals surface area (Å²) >= 11 is 6.07. The van der Waals surface area contributed by atoms with E-state index in [9.17, 15) is 10.2 Å². The molecule has 0 aromatic heterocycles. The maximum Gasteiger partial charge on any atom is 0.118 e. The summed E-state index contributed by atoms with van der Waals surface area (Å²) in [6.07, 6.45) is 5.89. The Kier molecular flexibility index (Phi) is 5.69. The molecule has 2 fully saturated rings. The molecule has 0 spiro atoms. The third kappa shape index (κ3) is 3.80. The van der Waals surface area contributed by atoms with Crippen molar-refractivity contribution in [3.05, 3.63) is 64.2 Å². The number of rotatable bonds is 4. The molecule has 1 saturated heterocycles. The van der Waals surface area contributed by atoms with Gasteiger partial charge in [0, 0.05) is 30.1 Å². The predicted molar refractivity (Wildman–Crippen MR) is 114 cm³/mol. The molecule has 0 amide bonds. The van der Waals surface area contributed by atoms with Gasteiger partial charge in [0.15, 0.2) is 0 Å². The zero-order chi connectivity index (χ0) is 19.7. The lowest BCUT2D eigenvalue weighted by molar-refractivity contribution is -0.126. The third-order valence-electron chi connectivity index (χ3n) is 6.80. The van der Waals surface area contributed by atoms with Gasteiger partial charge in [0.1, 0.15) is 5.75 Å². The largest absolute Gasteiger partial charge is 0.508 e. The second-order valence-corrected chi connectivity index (χ2v) is 8.93. The first-order chi connectivity index (χ1) is 13.5. The van der Waals surface area contributed by atoms with Crippen molar-refractivity contribution in [2.45, 2.75) is 63.6 Å². The molecule has 0 unspecified atom stereocenters. The molecule has 1 heterocycles. The standard InChI is InChI=1S/C24H30ClNO2/c1-2-18-15-19(8-11-22(18)27)23-21-5-3-4-12-24(21,28)13-14-26(23)16-17-6-9-20(25)10-7-17/h6-11,15,21,23,27-28H,2-5,12-14,16H2,1H3/t21-,23+,24-/m0/s1. The molecule has 0 bridgehead atoms. The highest BCUT2D eigenvalue weighted by Gasteiger charge is 2.48. The number of halogens is 1. The van der Waals surface area contributed by atoms with E-state index in [0.717, 1.165) is 55.8 Å². The van der Waals surface area contributed by atoms with Crippen molar-refractivity contribution in [3.63, 3.8) is 0 Å². The van der Waals surface area contributed by atoms with Gasteiger partial charge < -0.3 is 10.2 Å². The minimum Gasteiger partial charge on any atom is -0.508 e.